The molecule has 4 atom stereocenters. The first-order chi connectivity index (χ1) is 8.12. The molecule has 1 amide bonds. The third-order valence-corrected chi connectivity index (χ3v) is 4.11. The molecule has 4 nitrogen and oxygen atoms in total. The topological polar surface area (TPSA) is 64.4 Å². The van der Waals surface area contributed by atoms with Gasteiger partial charge in [0.15, 0.2) is 0 Å². The summed E-state index contributed by atoms with van der Waals surface area (Å²) in [7, 11) is 1.59. The maximum Gasteiger partial charge on any atom is 0.222 e. The number of nitrogens with one attached hydrogen (secondary N) is 1. The molecule has 1 aliphatic rings. The predicted octanol–water partition coefficient (Wildman–Crippen LogP) is 1.29. The van der Waals surface area contributed by atoms with Crippen molar-refractivity contribution in [1.82, 2.24) is 5.32 Å². The van der Waals surface area contributed by atoms with Crippen LogP contribution >= 0.6 is 0 Å². The van der Waals surface area contributed by atoms with Crippen molar-refractivity contribution in [3.05, 3.63) is 0 Å². The van der Waals surface area contributed by atoms with Crippen LogP contribution in [0.2, 0.25) is 0 Å². The number of amides is 1. The third-order valence-electron chi connectivity index (χ3n) is 4.11. The highest BCUT2D eigenvalue weighted by molar-refractivity contribution is 5.76. The monoisotopic (exact) mass is 242 g/mol. The van der Waals surface area contributed by atoms with E-state index in [0.717, 1.165) is 12.3 Å². The molecule has 0 radical (unpaired) electrons. The Bertz CT molecular complexity index is 242. The van der Waals surface area contributed by atoms with Gasteiger partial charge in [-0.1, -0.05) is 20.3 Å². The largest absolute Gasteiger partial charge is 0.380 e. The summed E-state index contributed by atoms with van der Waals surface area (Å²) in [5.74, 6) is 1.41. The molecule has 3 N–H and O–H groups in total. The van der Waals surface area contributed by atoms with Crippen molar-refractivity contribution in [2.45, 2.75) is 51.7 Å². The average Bonchev–Trinajstić information content (AvgIpc) is 2.67. The van der Waals surface area contributed by atoms with E-state index in [2.05, 4.69) is 19.2 Å². The normalized spacial score (nSPS) is 30.2. The molecule has 4 heteroatoms. The number of nitrogens with two attached hydrogens (primary N) is 1. The molecule has 0 saturated heterocycles. The molecule has 0 aromatic rings. The van der Waals surface area contributed by atoms with E-state index in [4.69, 9.17) is 10.5 Å². The highest BCUT2D eigenvalue weighted by Gasteiger charge is 2.32. The van der Waals surface area contributed by atoms with Gasteiger partial charge in [-0.2, -0.15) is 0 Å². The van der Waals surface area contributed by atoms with Crippen LogP contribution in [-0.2, 0) is 9.53 Å². The van der Waals surface area contributed by atoms with Crippen molar-refractivity contribution in [2.24, 2.45) is 17.6 Å². The molecule has 0 bridgehead atoms. The molecule has 100 valence electrons. The van der Waals surface area contributed by atoms with Crippen LogP contribution in [0.15, 0.2) is 0 Å². The summed E-state index contributed by atoms with van der Waals surface area (Å²) in [5.41, 5.74) is 5.51. The van der Waals surface area contributed by atoms with E-state index < -0.39 is 0 Å². The number of hydrogen-bond donors (Lipinski definition) is 2. The van der Waals surface area contributed by atoms with Crippen molar-refractivity contribution in [3.63, 3.8) is 0 Å². The smallest absolute Gasteiger partial charge is 0.222 e. The van der Waals surface area contributed by atoms with Gasteiger partial charge in [0.2, 0.25) is 5.91 Å². The lowest BCUT2D eigenvalue weighted by Crippen LogP contribution is -2.40. The Balaban J connectivity index is 2.36. The molecule has 1 aliphatic carbocycles. The van der Waals surface area contributed by atoms with Crippen molar-refractivity contribution >= 4 is 5.91 Å². The van der Waals surface area contributed by atoms with Crippen molar-refractivity contribution in [3.8, 4) is 0 Å². The quantitative estimate of drug-likeness (QED) is 0.737. The number of methoxy groups -OCH3 is 1. The molecule has 0 heterocycles. The zero-order valence-electron chi connectivity index (χ0n) is 11.2. The predicted molar refractivity (Wildman–Crippen MR) is 68.6 cm³/mol. The highest BCUT2D eigenvalue weighted by atomic mass is 16.5. The van der Waals surface area contributed by atoms with Gasteiger partial charge >= 0.3 is 0 Å². The molecular formula is C13H26N2O2. The van der Waals surface area contributed by atoms with Gasteiger partial charge in [-0.05, 0) is 24.7 Å². The second-order valence-corrected chi connectivity index (χ2v) is 5.08. The third kappa shape index (κ3) is 3.96. The zero-order valence-corrected chi connectivity index (χ0v) is 11.2. The number of carbonyl (C=O) groups is 1. The Morgan fingerprint density at radius 3 is 2.71 bits per heavy atom. The second kappa shape index (κ2) is 6.97. The summed E-state index contributed by atoms with van der Waals surface area (Å²) in [4.78, 5) is 11.8. The molecule has 0 aliphatic heterocycles. The van der Waals surface area contributed by atoms with Gasteiger partial charge in [-0.25, -0.2) is 0 Å². The van der Waals surface area contributed by atoms with Crippen LogP contribution in [0.25, 0.3) is 0 Å². The minimum Gasteiger partial charge on any atom is -0.380 e. The molecule has 1 rings (SSSR count). The molecule has 1 saturated carbocycles. The molecule has 0 spiro atoms. The number of rotatable bonds is 6. The fourth-order valence-corrected chi connectivity index (χ4v) is 2.76. The van der Waals surface area contributed by atoms with Gasteiger partial charge < -0.3 is 15.8 Å². The maximum absolute atomic E-state index is 11.8. The van der Waals surface area contributed by atoms with E-state index in [0.29, 0.717) is 24.9 Å². The Hall–Kier alpha value is -0.610. The van der Waals surface area contributed by atoms with E-state index in [9.17, 15) is 4.79 Å². The van der Waals surface area contributed by atoms with Gasteiger partial charge in [0.1, 0.15) is 0 Å². The van der Waals surface area contributed by atoms with Gasteiger partial charge in [0.05, 0.1) is 12.5 Å². The SMILES string of the molecule is CCC1CCC(NC(=O)CC(CN)OC)C1C. The molecule has 4 unspecified atom stereocenters. The lowest BCUT2D eigenvalue weighted by molar-refractivity contribution is -0.124. The molecule has 1 fully saturated rings. The fraction of sp³-hybridized carbons (Fsp3) is 0.923. The Morgan fingerprint density at radius 1 is 1.53 bits per heavy atom. The fourth-order valence-electron chi connectivity index (χ4n) is 2.76. The van der Waals surface area contributed by atoms with Crippen molar-refractivity contribution < 1.29 is 9.53 Å². The van der Waals surface area contributed by atoms with Crippen LogP contribution in [0, 0.1) is 11.8 Å². The van der Waals surface area contributed by atoms with E-state index in [-0.39, 0.29) is 12.0 Å². The minimum absolute atomic E-state index is 0.0657. The second-order valence-electron chi connectivity index (χ2n) is 5.08. The Labute approximate surface area is 104 Å². The standard InChI is InChI=1S/C13H26N2O2/c1-4-10-5-6-12(9(10)2)15-13(16)7-11(8-14)17-3/h9-12H,4-8,14H2,1-3H3,(H,15,16). The van der Waals surface area contributed by atoms with Gasteiger partial charge in [0, 0.05) is 19.7 Å². The summed E-state index contributed by atoms with van der Waals surface area (Å²) < 4.78 is 5.12. The maximum atomic E-state index is 11.8. The molecule has 0 aromatic carbocycles. The van der Waals surface area contributed by atoms with Gasteiger partial charge in [-0.15, -0.1) is 0 Å². The Morgan fingerprint density at radius 2 is 2.24 bits per heavy atom. The van der Waals surface area contributed by atoms with E-state index in [1.807, 2.05) is 0 Å². The Kier molecular flexibility index (Phi) is 5.92. The van der Waals surface area contributed by atoms with Crippen LogP contribution < -0.4 is 11.1 Å². The summed E-state index contributed by atoms with van der Waals surface area (Å²) >= 11 is 0. The first kappa shape index (κ1) is 14.5. The molecule has 0 aromatic heterocycles. The van der Waals surface area contributed by atoms with Crippen LogP contribution in [0.5, 0.6) is 0 Å². The van der Waals surface area contributed by atoms with Crippen LogP contribution in [0.4, 0.5) is 0 Å². The molecule has 17 heavy (non-hydrogen) atoms. The van der Waals surface area contributed by atoms with Crippen LogP contribution in [-0.4, -0.2) is 31.7 Å². The number of carbonyl (C=O) groups excluding carboxylic acids is 1. The van der Waals surface area contributed by atoms with E-state index in [1.165, 1.54) is 12.8 Å². The van der Waals surface area contributed by atoms with E-state index >= 15 is 0 Å². The summed E-state index contributed by atoms with van der Waals surface area (Å²) in [6, 6.07) is 0.336. The number of ether oxygens (including phenoxy) is 1. The lowest BCUT2D eigenvalue weighted by Gasteiger charge is -2.22. The average molecular weight is 242 g/mol. The lowest BCUT2D eigenvalue weighted by atomic mass is 9.93. The van der Waals surface area contributed by atoms with Crippen molar-refractivity contribution in [2.75, 3.05) is 13.7 Å². The van der Waals surface area contributed by atoms with Crippen molar-refractivity contribution in [1.29, 1.82) is 0 Å². The van der Waals surface area contributed by atoms with Gasteiger partial charge in [0.25, 0.3) is 0 Å². The molecular weight excluding hydrogens is 216 g/mol. The highest BCUT2D eigenvalue weighted by Crippen LogP contribution is 2.33. The summed E-state index contributed by atoms with van der Waals surface area (Å²) in [6.45, 7) is 4.85. The van der Waals surface area contributed by atoms with Gasteiger partial charge in [-0.3, -0.25) is 4.79 Å². The van der Waals surface area contributed by atoms with Crippen LogP contribution in [0.1, 0.15) is 39.5 Å². The minimum atomic E-state index is -0.159. The zero-order chi connectivity index (χ0) is 12.8. The van der Waals surface area contributed by atoms with E-state index in [1.54, 1.807) is 7.11 Å². The first-order valence-electron chi connectivity index (χ1n) is 6.64. The summed E-state index contributed by atoms with van der Waals surface area (Å²) in [5, 5.41) is 3.12. The summed E-state index contributed by atoms with van der Waals surface area (Å²) in [6.07, 6.45) is 3.75. The van der Waals surface area contributed by atoms with Crippen LogP contribution in [0.3, 0.4) is 0 Å². The number of hydrogen-bond acceptors (Lipinski definition) is 3. The first-order valence-corrected chi connectivity index (χ1v) is 6.64.